The average molecular weight is 217 g/mol. The molecule has 1 aromatic rings. The van der Waals surface area contributed by atoms with Crippen LogP contribution in [0.5, 0.6) is 0 Å². The Balaban J connectivity index is 3.20. The molecular weight excluding hydrogens is 202 g/mol. The lowest BCUT2D eigenvalue weighted by Gasteiger charge is -2.15. The van der Waals surface area contributed by atoms with Crippen LogP contribution in [0.2, 0.25) is 0 Å². The molecule has 0 radical (unpaired) electrons. The van der Waals surface area contributed by atoms with Gasteiger partial charge in [0.1, 0.15) is 0 Å². The van der Waals surface area contributed by atoms with Crippen molar-refractivity contribution in [1.82, 2.24) is 9.55 Å². The maximum atomic E-state index is 11.3. The van der Waals surface area contributed by atoms with Gasteiger partial charge < -0.3 is 4.57 Å². The fraction of sp³-hybridized carbons (Fsp3) is 0.625. The van der Waals surface area contributed by atoms with Crippen LogP contribution >= 0.6 is 0 Å². The molecule has 0 saturated carbocycles. The smallest absolute Gasteiger partial charge is 0.233 e. The van der Waals surface area contributed by atoms with Crippen molar-refractivity contribution in [3.63, 3.8) is 0 Å². The predicted octanol–water partition coefficient (Wildman–Crippen LogP) is 0.378. The molecule has 0 atom stereocenters. The van der Waals surface area contributed by atoms with Gasteiger partial charge in [0.25, 0.3) is 0 Å². The summed E-state index contributed by atoms with van der Waals surface area (Å²) >= 11 is 0. The summed E-state index contributed by atoms with van der Waals surface area (Å²) in [5.74, 6) is 0.512. The molecule has 0 unspecified atom stereocenters. The van der Waals surface area contributed by atoms with Gasteiger partial charge in [-0.2, -0.15) is 0 Å². The van der Waals surface area contributed by atoms with Crippen molar-refractivity contribution in [2.24, 2.45) is 7.05 Å². The van der Waals surface area contributed by atoms with Crippen LogP contribution < -0.4 is 4.31 Å². The van der Waals surface area contributed by atoms with Crippen molar-refractivity contribution in [3.8, 4) is 0 Å². The minimum absolute atomic E-state index is 0.512. The molecule has 0 bridgehead atoms. The first-order chi connectivity index (χ1) is 6.38. The van der Waals surface area contributed by atoms with Gasteiger partial charge in [-0.25, -0.2) is 13.4 Å². The van der Waals surface area contributed by atoms with E-state index in [0.717, 1.165) is 12.1 Å². The molecule has 80 valence electrons. The summed E-state index contributed by atoms with van der Waals surface area (Å²) in [6.45, 7) is 1.97. The molecule has 14 heavy (non-hydrogen) atoms. The first kappa shape index (κ1) is 11.0. The van der Waals surface area contributed by atoms with Gasteiger partial charge in [0.05, 0.1) is 18.3 Å². The molecule has 0 aliphatic rings. The van der Waals surface area contributed by atoms with Gasteiger partial charge in [-0.15, -0.1) is 0 Å². The Labute approximate surface area is 84.4 Å². The summed E-state index contributed by atoms with van der Waals surface area (Å²) in [4.78, 5) is 4.06. The summed E-state index contributed by atoms with van der Waals surface area (Å²) in [7, 11) is 0.146. The van der Waals surface area contributed by atoms with Crippen LogP contribution in [0.3, 0.4) is 0 Å². The number of anilines is 1. The molecule has 0 aromatic carbocycles. The SMILES string of the molecule is CCc1c(N(C)S(C)(=O)=O)ncn1C. The second kappa shape index (κ2) is 3.61. The standard InChI is InChI=1S/C8H15N3O2S/c1-5-7-8(9-6-10(7)2)11(3)14(4,12)13/h6H,5H2,1-4H3. The van der Waals surface area contributed by atoms with E-state index in [4.69, 9.17) is 0 Å². The molecule has 0 fully saturated rings. The Hall–Kier alpha value is -1.04. The molecule has 0 aliphatic carbocycles. The van der Waals surface area contributed by atoms with E-state index in [2.05, 4.69) is 4.98 Å². The first-order valence-electron chi connectivity index (χ1n) is 4.32. The summed E-state index contributed by atoms with van der Waals surface area (Å²) in [6, 6.07) is 0. The molecule has 1 aromatic heterocycles. The van der Waals surface area contributed by atoms with E-state index in [1.807, 2.05) is 18.5 Å². The zero-order valence-corrected chi connectivity index (χ0v) is 9.67. The highest BCUT2D eigenvalue weighted by molar-refractivity contribution is 7.92. The molecule has 5 nitrogen and oxygen atoms in total. The Kier molecular flexibility index (Phi) is 2.84. The molecule has 6 heteroatoms. The molecule has 0 amide bonds. The second-order valence-electron chi connectivity index (χ2n) is 3.21. The van der Waals surface area contributed by atoms with Crippen LogP contribution in [0.15, 0.2) is 6.33 Å². The first-order valence-corrected chi connectivity index (χ1v) is 6.16. The zero-order chi connectivity index (χ0) is 10.9. The number of nitrogens with zero attached hydrogens (tertiary/aromatic N) is 3. The number of sulfonamides is 1. The van der Waals surface area contributed by atoms with E-state index < -0.39 is 10.0 Å². The third-order valence-electron chi connectivity index (χ3n) is 2.17. The van der Waals surface area contributed by atoms with Crippen LogP contribution in [0.25, 0.3) is 0 Å². The van der Waals surface area contributed by atoms with E-state index in [-0.39, 0.29) is 0 Å². The normalized spacial score (nSPS) is 11.7. The van der Waals surface area contributed by atoms with Crippen molar-refractivity contribution < 1.29 is 8.42 Å². The van der Waals surface area contributed by atoms with Gasteiger partial charge in [-0.1, -0.05) is 6.92 Å². The number of aryl methyl sites for hydroxylation is 1. The maximum absolute atomic E-state index is 11.3. The maximum Gasteiger partial charge on any atom is 0.233 e. The number of hydrogen-bond acceptors (Lipinski definition) is 3. The average Bonchev–Trinajstić information content (AvgIpc) is 2.43. The summed E-state index contributed by atoms with van der Waals surface area (Å²) < 4.78 is 25.6. The van der Waals surface area contributed by atoms with E-state index in [9.17, 15) is 8.42 Å². The van der Waals surface area contributed by atoms with Crippen LogP contribution in [-0.2, 0) is 23.5 Å². The van der Waals surface area contributed by atoms with Gasteiger partial charge in [-0.3, -0.25) is 4.31 Å². The monoisotopic (exact) mass is 217 g/mol. The van der Waals surface area contributed by atoms with Gasteiger partial charge in [0.2, 0.25) is 10.0 Å². The molecule has 0 saturated heterocycles. The van der Waals surface area contributed by atoms with Gasteiger partial charge in [-0.05, 0) is 6.42 Å². The Morgan fingerprint density at radius 2 is 2.14 bits per heavy atom. The van der Waals surface area contributed by atoms with E-state index >= 15 is 0 Å². The van der Waals surface area contributed by atoms with E-state index in [0.29, 0.717) is 5.82 Å². The lowest BCUT2D eigenvalue weighted by molar-refractivity contribution is 0.599. The lowest BCUT2D eigenvalue weighted by Crippen LogP contribution is -2.26. The molecule has 0 N–H and O–H groups in total. The second-order valence-corrected chi connectivity index (χ2v) is 5.22. The highest BCUT2D eigenvalue weighted by Gasteiger charge is 2.18. The molecule has 0 aliphatic heterocycles. The number of imidazole rings is 1. The van der Waals surface area contributed by atoms with E-state index in [1.54, 1.807) is 6.33 Å². The third kappa shape index (κ3) is 1.89. The van der Waals surface area contributed by atoms with Crippen LogP contribution in [0.4, 0.5) is 5.82 Å². The number of rotatable bonds is 3. The Morgan fingerprint density at radius 3 is 2.57 bits per heavy atom. The largest absolute Gasteiger partial charge is 0.336 e. The minimum atomic E-state index is -3.22. The van der Waals surface area contributed by atoms with Crippen LogP contribution in [0, 0.1) is 0 Å². The van der Waals surface area contributed by atoms with Crippen LogP contribution in [-0.4, -0.2) is 31.3 Å². The summed E-state index contributed by atoms with van der Waals surface area (Å²) in [5.41, 5.74) is 0.915. The topological polar surface area (TPSA) is 55.2 Å². The summed E-state index contributed by atoms with van der Waals surface area (Å²) in [6.07, 6.45) is 3.54. The van der Waals surface area contributed by atoms with Gasteiger partial charge in [0.15, 0.2) is 5.82 Å². The third-order valence-corrected chi connectivity index (χ3v) is 3.34. The van der Waals surface area contributed by atoms with E-state index in [1.165, 1.54) is 17.6 Å². The van der Waals surface area contributed by atoms with Crippen molar-refractivity contribution in [2.75, 3.05) is 17.6 Å². The molecular formula is C8H15N3O2S. The molecule has 1 rings (SSSR count). The predicted molar refractivity (Wildman–Crippen MR) is 55.8 cm³/mol. The Morgan fingerprint density at radius 1 is 1.57 bits per heavy atom. The lowest BCUT2D eigenvalue weighted by atomic mass is 10.3. The van der Waals surface area contributed by atoms with Crippen molar-refractivity contribution in [3.05, 3.63) is 12.0 Å². The number of aromatic nitrogens is 2. The Bertz CT molecular complexity index is 422. The minimum Gasteiger partial charge on any atom is -0.336 e. The fourth-order valence-electron chi connectivity index (χ4n) is 1.27. The fourth-order valence-corrected chi connectivity index (χ4v) is 1.74. The highest BCUT2D eigenvalue weighted by Crippen LogP contribution is 2.18. The zero-order valence-electron chi connectivity index (χ0n) is 8.85. The van der Waals surface area contributed by atoms with Crippen molar-refractivity contribution in [2.45, 2.75) is 13.3 Å². The summed E-state index contributed by atoms with van der Waals surface area (Å²) in [5, 5.41) is 0. The van der Waals surface area contributed by atoms with Crippen LogP contribution in [0.1, 0.15) is 12.6 Å². The van der Waals surface area contributed by atoms with Crippen molar-refractivity contribution >= 4 is 15.8 Å². The highest BCUT2D eigenvalue weighted by atomic mass is 32.2. The molecule has 1 heterocycles. The van der Waals surface area contributed by atoms with Crippen molar-refractivity contribution in [1.29, 1.82) is 0 Å². The number of hydrogen-bond donors (Lipinski definition) is 0. The quantitative estimate of drug-likeness (QED) is 0.735. The molecule has 0 spiro atoms. The van der Waals surface area contributed by atoms with Gasteiger partial charge in [0, 0.05) is 14.1 Å². The van der Waals surface area contributed by atoms with Gasteiger partial charge >= 0.3 is 0 Å².